The molecule has 5 N–H and O–H groups in total. The standard InChI is InChI=1S/C25H36O6.C21H30O5/c1-4-5-21(30)31-25(20(29)14-26)11-9-18-17-7-6-15-12-16(27)8-10-23(15,2)22(17)19(28)13-24(18,25)3;1-19-7-5-13(23)9-12(19)3-4-14-15-6-8-21(26,17(25)11-22)20(15,2)10-16(24)18(14)19/h12,17-19,22,26,28H,4-11,13-14H2,1-3H3;9,14-16,18,22,24,26H,3-8,10-11H2,1-2H3/t17?,18?,19-,22?,23-,24-,25-;14-,15-,16-,18+,19-,20-,21-/m00/s1. The van der Waals surface area contributed by atoms with Gasteiger partial charge >= 0.3 is 5.97 Å². The van der Waals surface area contributed by atoms with E-state index in [1.165, 1.54) is 5.57 Å². The molecule has 0 radical (unpaired) electrons. The fraction of sp³-hybridized carbons (Fsp3) is 0.804. The van der Waals surface area contributed by atoms with Crippen molar-refractivity contribution in [2.45, 2.75) is 161 Å². The normalized spacial score (nSPS) is 47.0. The van der Waals surface area contributed by atoms with E-state index in [4.69, 9.17) is 4.74 Å². The van der Waals surface area contributed by atoms with Crippen molar-refractivity contribution in [1.29, 1.82) is 0 Å². The third-order valence-electron chi connectivity index (χ3n) is 18.0. The molecule has 0 spiro atoms. The minimum atomic E-state index is -1.54. The predicted octanol–water partition coefficient (Wildman–Crippen LogP) is 4.91. The van der Waals surface area contributed by atoms with Gasteiger partial charge in [-0.25, -0.2) is 0 Å². The summed E-state index contributed by atoms with van der Waals surface area (Å²) in [6, 6.07) is 0. The first-order valence-electron chi connectivity index (χ1n) is 21.9. The zero-order valence-corrected chi connectivity index (χ0v) is 34.7. The lowest BCUT2D eigenvalue weighted by Crippen LogP contribution is -2.63. The Labute approximate surface area is 337 Å². The van der Waals surface area contributed by atoms with Crippen molar-refractivity contribution in [2.75, 3.05) is 13.2 Å². The molecule has 0 bridgehead atoms. The maximum atomic E-state index is 13.1. The molecule has 11 heteroatoms. The van der Waals surface area contributed by atoms with Crippen LogP contribution in [0, 0.1) is 57.2 Å². The second-order valence-corrected chi connectivity index (χ2v) is 20.3. The van der Waals surface area contributed by atoms with Gasteiger partial charge < -0.3 is 30.3 Å². The first-order chi connectivity index (χ1) is 26.8. The van der Waals surface area contributed by atoms with Gasteiger partial charge in [0.1, 0.15) is 18.8 Å². The lowest BCUT2D eigenvalue weighted by molar-refractivity contribution is -0.202. The largest absolute Gasteiger partial charge is 0.450 e. The number of Topliss-reactive ketones (excluding diaryl/α,β-unsaturated/α-hetero) is 2. The minimum absolute atomic E-state index is 0.0325. The molecule has 14 atom stereocenters. The average Bonchev–Trinajstić information content (AvgIpc) is 3.60. The van der Waals surface area contributed by atoms with E-state index >= 15 is 0 Å². The van der Waals surface area contributed by atoms with Crippen molar-refractivity contribution in [1.82, 2.24) is 0 Å². The second-order valence-electron chi connectivity index (χ2n) is 20.3. The van der Waals surface area contributed by atoms with Gasteiger partial charge in [0.05, 0.1) is 12.2 Å². The summed E-state index contributed by atoms with van der Waals surface area (Å²) in [6.07, 6.45) is 12.2. The van der Waals surface area contributed by atoms with Gasteiger partial charge in [0.2, 0.25) is 5.78 Å². The van der Waals surface area contributed by atoms with Gasteiger partial charge in [0.25, 0.3) is 0 Å². The molecular weight excluding hydrogens is 728 g/mol. The number of aliphatic hydroxyl groups excluding tert-OH is 4. The van der Waals surface area contributed by atoms with Crippen molar-refractivity contribution < 1.29 is 54.2 Å². The Morgan fingerprint density at radius 3 is 1.65 bits per heavy atom. The molecule has 0 aromatic heterocycles. The molecule has 316 valence electrons. The van der Waals surface area contributed by atoms with E-state index in [0.29, 0.717) is 44.9 Å². The molecule has 0 aromatic carbocycles. The molecular formula is C46H66O11. The molecule has 0 aliphatic heterocycles. The van der Waals surface area contributed by atoms with Crippen LogP contribution in [0.4, 0.5) is 0 Å². The van der Waals surface area contributed by atoms with E-state index in [9.17, 15) is 49.5 Å². The van der Waals surface area contributed by atoms with E-state index in [1.54, 1.807) is 12.2 Å². The number of carbonyl (C=O) groups excluding carboxylic acids is 5. The maximum absolute atomic E-state index is 13.1. The minimum Gasteiger partial charge on any atom is -0.450 e. The van der Waals surface area contributed by atoms with Crippen LogP contribution in [0.1, 0.15) is 137 Å². The van der Waals surface area contributed by atoms with Crippen LogP contribution in [0.25, 0.3) is 0 Å². The number of ether oxygens (including phenoxy) is 1. The van der Waals surface area contributed by atoms with Gasteiger partial charge in [-0.3, -0.25) is 24.0 Å². The maximum Gasteiger partial charge on any atom is 0.306 e. The Morgan fingerprint density at radius 1 is 0.684 bits per heavy atom. The second kappa shape index (κ2) is 14.9. The number of aliphatic hydroxyl groups is 5. The highest BCUT2D eigenvalue weighted by Crippen LogP contribution is 2.70. The Hall–Kier alpha value is -2.57. The number of carbonyl (C=O) groups is 5. The SMILES string of the molecule is CCCC(=O)O[C@]1(C(=O)CO)CCC2C3CCC4=CC(=O)CC[C@]4(C)C3[C@@H](O)C[C@@]21C.C[C@]12CCC(=O)C=C1CC[C@@H]1[C@@H]2[C@@H](O)C[C@@]2(C)[C@H]1CC[C@]2(O)C(=O)CO. The molecule has 0 saturated heterocycles. The third kappa shape index (κ3) is 6.16. The summed E-state index contributed by atoms with van der Waals surface area (Å²) in [5, 5.41) is 53.0. The predicted molar refractivity (Wildman–Crippen MR) is 209 cm³/mol. The van der Waals surface area contributed by atoms with Crippen LogP contribution in [0.5, 0.6) is 0 Å². The summed E-state index contributed by atoms with van der Waals surface area (Å²) in [4.78, 5) is 61.9. The van der Waals surface area contributed by atoms with Gasteiger partial charge in [-0.2, -0.15) is 0 Å². The van der Waals surface area contributed by atoms with Gasteiger partial charge in [0, 0.05) is 30.1 Å². The Bertz CT molecular complexity index is 1750. The van der Waals surface area contributed by atoms with Crippen molar-refractivity contribution >= 4 is 29.1 Å². The fourth-order valence-electron chi connectivity index (χ4n) is 15.2. The van der Waals surface area contributed by atoms with Crippen molar-refractivity contribution in [3.8, 4) is 0 Å². The molecule has 8 rings (SSSR count). The molecule has 3 unspecified atom stereocenters. The third-order valence-corrected chi connectivity index (χ3v) is 18.0. The summed E-state index contributed by atoms with van der Waals surface area (Å²) >= 11 is 0. The van der Waals surface area contributed by atoms with Gasteiger partial charge in [-0.15, -0.1) is 0 Å². The summed E-state index contributed by atoms with van der Waals surface area (Å²) in [5.74, 6) is -0.180. The van der Waals surface area contributed by atoms with Crippen molar-refractivity contribution in [2.24, 2.45) is 57.2 Å². The van der Waals surface area contributed by atoms with Crippen LogP contribution in [-0.2, 0) is 28.7 Å². The highest BCUT2D eigenvalue weighted by molar-refractivity contribution is 5.93. The van der Waals surface area contributed by atoms with Gasteiger partial charge in [0.15, 0.2) is 23.0 Å². The zero-order chi connectivity index (χ0) is 41.5. The molecule has 0 amide bonds. The Morgan fingerprint density at radius 2 is 1.16 bits per heavy atom. The van der Waals surface area contributed by atoms with Crippen LogP contribution in [-0.4, -0.2) is 91.3 Å². The summed E-state index contributed by atoms with van der Waals surface area (Å²) < 4.78 is 5.92. The lowest BCUT2D eigenvalue weighted by Gasteiger charge is -2.60. The fourth-order valence-corrected chi connectivity index (χ4v) is 15.2. The zero-order valence-electron chi connectivity index (χ0n) is 34.7. The lowest BCUT2D eigenvalue weighted by atomic mass is 9.45. The molecule has 6 saturated carbocycles. The van der Waals surface area contributed by atoms with Crippen LogP contribution >= 0.6 is 0 Å². The van der Waals surface area contributed by atoms with Gasteiger partial charge in [-0.1, -0.05) is 45.8 Å². The van der Waals surface area contributed by atoms with Crippen LogP contribution in [0.2, 0.25) is 0 Å². The summed E-state index contributed by atoms with van der Waals surface area (Å²) in [6.45, 7) is 8.85. The van der Waals surface area contributed by atoms with E-state index < -0.39 is 65.0 Å². The highest BCUT2D eigenvalue weighted by Gasteiger charge is 2.71. The smallest absolute Gasteiger partial charge is 0.306 e. The van der Waals surface area contributed by atoms with Crippen LogP contribution < -0.4 is 0 Å². The number of ketones is 4. The van der Waals surface area contributed by atoms with Crippen LogP contribution in [0.15, 0.2) is 23.3 Å². The molecule has 0 aromatic rings. The molecule has 57 heavy (non-hydrogen) atoms. The number of rotatable bonds is 7. The molecule has 8 aliphatic carbocycles. The number of allylic oxidation sites excluding steroid dienone is 2. The van der Waals surface area contributed by atoms with Crippen LogP contribution in [0.3, 0.4) is 0 Å². The molecule has 0 heterocycles. The number of esters is 1. The van der Waals surface area contributed by atoms with E-state index in [2.05, 4.69) is 13.8 Å². The van der Waals surface area contributed by atoms with Gasteiger partial charge in [-0.05, 0) is 142 Å². The topological polar surface area (TPSA) is 196 Å². The Balaban J connectivity index is 0.000000177. The molecule has 8 aliphatic rings. The molecule has 6 fully saturated rings. The van der Waals surface area contributed by atoms with E-state index in [1.807, 2.05) is 20.8 Å². The van der Waals surface area contributed by atoms with E-state index in [-0.39, 0.29) is 64.3 Å². The first-order valence-corrected chi connectivity index (χ1v) is 21.9. The Kier molecular flexibility index (Phi) is 11.1. The van der Waals surface area contributed by atoms with E-state index in [0.717, 1.165) is 56.9 Å². The highest BCUT2D eigenvalue weighted by atomic mass is 16.6. The average molecular weight is 795 g/mol. The number of hydrogen-bond acceptors (Lipinski definition) is 11. The quantitative estimate of drug-likeness (QED) is 0.220. The monoisotopic (exact) mass is 794 g/mol. The molecule has 11 nitrogen and oxygen atoms in total. The number of fused-ring (bicyclic) bond motifs is 10. The number of hydrogen-bond donors (Lipinski definition) is 5. The first kappa shape index (κ1) is 42.6. The summed E-state index contributed by atoms with van der Waals surface area (Å²) in [7, 11) is 0. The van der Waals surface area contributed by atoms with Crippen molar-refractivity contribution in [3.63, 3.8) is 0 Å². The van der Waals surface area contributed by atoms with Crippen molar-refractivity contribution in [3.05, 3.63) is 23.3 Å². The summed E-state index contributed by atoms with van der Waals surface area (Å²) in [5.41, 5.74) is -2.35.